The molecule has 0 amide bonds. The molecule has 0 aliphatic rings. The number of methoxy groups -OCH3 is 1. The third kappa shape index (κ3) is 4.18. The van der Waals surface area contributed by atoms with Crippen LogP contribution in [-0.4, -0.2) is 48.1 Å². The number of carbonyl (C=O) groups is 1. The van der Waals surface area contributed by atoms with Gasteiger partial charge in [-0.05, 0) is 24.6 Å². The van der Waals surface area contributed by atoms with Gasteiger partial charge in [0.25, 0.3) is 0 Å². The molecule has 1 N–H and O–H groups in total. The van der Waals surface area contributed by atoms with Gasteiger partial charge in [0.15, 0.2) is 0 Å². The van der Waals surface area contributed by atoms with E-state index in [4.69, 9.17) is 0 Å². The lowest BCUT2D eigenvalue weighted by atomic mass is 9.85. The van der Waals surface area contributed by atoms with E-state index in [2.05, 4.69) is 4.74 Å². The molecular weight excluding hydrogens is 449 g/mol. The number of aliphatic hydroxyl groups is 1. The molecule has 0 radical (unpaired) electrons. The Kier molecular flexibility index (Phi) is 6.51. The Morgan fingerprint density at radius 3 is 1.63 bits per heavy atom. The molecule has 0 aliphatic heterocycles. The Morgan fingerprint density at radius 1 is 0.833 bits per heavy atom. The van der Waals surface area contributed by atoms with Crippen molar-refractivity contribution in [1.82, 2.24) is 0 Å². The average Bonchev–Trinajstić information content (AvgIpc) is 2.58. The van der Waals surface area contributed by atoms with Crippen molar-refractivity contribution in [3.05, 3.63) is 35.4 Å². The second-order valence-electron chi connectivity index (χ2n) is 6.44. The van der Waals surface area contributed by atoms with Crippen LogP contribution in [0.1, 0.15) is 29.3 Å². The summed E-state index contributed by atoms with van der Waals surface area (Å²) in [5.41, 5.74) is -3.95. The highest BCUT2D eigenvalue weighted by atomic mass is 19.4. The predicted octanol–water partition coefficient (Wildman–Crippen LogP) is 5.17. The van der Waals surface area contributed by atoms with Crippen molar-refractivity contribution < 1.29 is 62.9 Å². The molecule has 1 unspecified atom stereocenters. The van der Waals surface area contributed by atoms with Gasteiger partial charge in [0, 0.05) is 0 Å². The maximum atomic E-state index is 13.9. The Balaban J connectivity index is 3.31. The van der Waals surface area contributed by atoms with Crippen LogP contribution >= 0.6 is 0 Å². The summed E-state index contributed by atoms with van der Waals surface area (Å²) in [6, 6.07) is 3.22. The number of hydrogen-bond acceptors (Lipinski definition) is 3. The summed E-state index contributed by atoms with van der Waals surface area (Å²) in [5, 5.41) is 10.0. The van der Waals surface area contributed by atoms with Crippen LogP contribution in [0.3, 0.4) is 0 Å². The minimum absolute atomic E-state index is 0.189. The molecule has 3 nitrogen and oxygen atoms in total. The van der Waals surface area contributed by atoms with Gasteiger partial charge in [-0.2, -0.15) is 48.3 Å². The fourth-order valence-corrected chi connectivity index (χ4v) is 2.33. The molecular formula is C16H13F11O3. The lowest BCUT2D eigenvalue weighted by Gasteiger charge is -2.39. The maximum Gasteiger partial charge on any atom is 0.460 e. The lowest BCUT2D eigenvalue weighted by Crippen LogP contribution is -2.67. The summed E-state index contributed by atoms with van der Waals surface area (Å²) in [6.45, 7) is 0.407. The zero-order valence-corrected chi connectivity index (χ0v) is 14.9. The third-order valence-electron chi connectivity index (χ3n) is 4.10. The minimum atomic E-state index is -7.55. The van der Waals surface area contributed by atoms with E-state index >= 15 is 0 Å². The van der Waals surface area contributed by atoms with E-state index < -0.39 is 53.4 Å². The topological polar surface area (TPSA) is 46.5 Å². The number of esters is 1. The van der Waals surface area contributed by atoms with E-state index in [1.165, 1.54) is 0 Å². The number of ether oxygens (including phenoxy) is 1. The van der Waals surface area contributed by atoms with Crippen LogP contribution in [0.25, 0.3) is 0 Å². The summed E-state index contributed by atoms with van der Waals surface area (Å²) < 4.78 is 148. The summed E-state index contributed by atoms with van der Waals surface area (Å²) in [5.74, 6) is -29.4. The van der Waals surface area contributed by atoms with Crippen molar-refractivity contribution in [3.63, 3.8) is 0 Å². The number of halogens is 11. The van der Waals surface area contributed by atoms with E-state index in [1.54, 1.807) is 0 Å². The molecule has 30 heavy (non-hydrogen) atoms. The van der Waals surface area contributed by atoms with Gasteiger partial charge in [0.1, 0.15) is 0 Å². The molecule has 0 saturated carbocycles. The van der Waals surface area contributed by atoms with E-state index in [0.717, 1.165) is 31.4 Å². The van der Waals surface area contributed by atoms with Crippen LogP contribution in [-0.2, 0) is 10.3 Å². The van der Waals surface area contributed by atoms with Crippen molar-refractivity contribution in [2.24, 2.45) is 0 Å². The molecule has 1 aromatic carbocycles. The molecule has 0 heterocycles. The van der Waals surface area contributed by atoms with Crippen LogP contribution in [0.4, 0.5) is 48.3 Å². The maximum absolute atomic E-state index is 13.9. The molecule has 0 spiro atoms. The molecule has 14 heteroatoms. The Labute approximate surface area is 161 Å². The SMILES string of the molecule is COC(=O)c1ccc(C(C)(O)CC(F)(F)C(F)(F)C(F)(F)C(F)(F)C(F)(F)F)cc1. The van der Waals surface area contributed by atoms with Crippen LogP contribution in [0, 0.1) is 0 Å². The van der Waals surface area contributed by atoms with Gasteiger partial charge in [-0.1, -0.05) is 12.1 Å². The normalized spacial score (nSPS) is 16.2. The Morgan fingerprint density at radius 2 is 1.27 bits per heavy atom. The van der Waals surface area contributed by atoms with Gasteiger partial charge in [0.05, 0.1) is 24.7 Å². The van der Waals surface area contributed by atoms with Crippen LogP contribution in [0.2, 0.25) is 0 Å². The van der Waals surface area contributed by atoms with Crippen LogP contribution in [0.15, 0.2) is 24.3 Å². The molecule has 0 fully saturated rings. The quantitative estimate of drug-likeness (QED) is 0.449. The van der Waals surface area contributed by atoms with E-state index in [-0.39, 0.29) is 5.56 Å². The van der Waals surface area contributed by atoms with Crippen LogP contribution in [0.5, 0.6) is 0 Å². The highest BCUT2D eigenvalue weighted by Crippen LogP contribution is 2.59. The molecule has 0 aliphatic carbocycles. The summed E-state index contributed by atoms with van der Waals surface area (Å²) in [4.78, 5) is 11.3. The molecule has 1 aromatic rings. The largest absolute Gasteiger partial charge is 0.465 e. The van der Waals surface area contributed by atoms with Gasteiger partial charge in [-0.15, -0.1) is 0 Å². The second kappa shape index (κ2) is 7.54. The van der Waals surface area contributed by atoms with E-state index in [0.29, 0.717) is 6.92 Å². The predicted molar refractivity (Wildman–Crippen MR) is 77.8 cm³/mol. The number of carbonyl (C=O) groups excluding carboxylic acids is 1. The van der Waals surface area contributed by atoms with E-state index in [1.807, 2.05) is 0 Å². The van der Waals surface area contributed by atoms with Gasteiger partial charge >= 0.3 is 35.8 Å². The molecule has 0 saturated heterocycles. The summed E-state index contributed by atoms with van der Waals surface area (Å²) in [6.07, 6.45) is -9.92. The molecule has 172 valence electrons. The van der Waals surface area contributed by atoms with Crippen molar-refractivity contribution in [2.75, 3.05) is 7.11 Å². The fraction of sp³-hybridized carbons (Fsp3) is 0.562. The van der Waals surface area contributed by atoms with Gasteiger partial charge in [-0.3, -0.25) is 0 Å². The lowest BCUT2D eigenvalue weighted by molar-refractivity contribution is -0.424. The highest BCUT2D eigenvalue weighted by Gasteiger charge is 2.87. The number of benzene rings is 1. The van der Waals surface area contributed by atoms with Crippen LogP contribution < -0.4 is 0 Å². The molecule has 1 rings (SSSR count). The van der Waals surface area contributed by atoms with Gasteiger partial charge < -0.3 is 9.84 Å². The first-order chi connectivity index (χ1) is 13.2. The minimum Gasteiger partial charge on any atom is -0.465 e. The molecule has 0 bridgehead atoms. The summed E-state index contributed by atoms with van der Waals surface area (Å²) in [7, 11) is 0.978. The fourth-order valence-electron chi connectivity index (χ4n) is 2.33. The third-order valence-corrected chi connectivity index (χ3v) is 4.10. The van der Waals surface area contributed by atoms with E-state index in [9.17, 15) is 58.2 Å². The van der Waals surface area contributed by atoms with Crippen molar-refractivity contribution in [1.29, 1.82) is 0 Å². The van der Waals surface area contributed by atoms with Gasteiger partial charge in [0.2, 0.25) is 0 Å². The first-order valence-electron chi connectivity index (χ1n) is 7.65. The van der Waals surface area contributed by atoms with Crippen molar-refractivity contribution >= 4 is 5.97 Å². The standard InChI is InChI=1S/C16H13F11O3/c1-11(29,9-5-3-8(4-6-9)10(28)30-2)7-12(17,18)13(19,20)14(21,22)15(23,24)16(25,26)27/h3-6,29H,7H2,1-2H3. The number of hydrogen-bond donors (Lipinski definition) is 1. The Hall–Kier alpha value is -2.12. The first kappa shape index (κ1) is 25.9. The first-order valence-corrected chi connectivity index (χ1v) is 7.65. The number of rotatable bonds is 7. The zero-order valence-electron chi connectivity index (χ0n) is 14.9. The highest BCUT2D eigenvalue weighted by molar-refractivity contribution is 5.89. The zero-order chi connectivity index (χ0) is 24.0. The Bertz CT molecular complexity index is 768. The van der Waals surface area contributed by atoms with Gasteiger partial charge in [-0.25, -0.2) is 4.79 Å². The molecule has 1 atom stereocenters. The van der Waals surface area contributed by atoms with Crippen molar-refractivity contribution in [3.8, 4) is 0 Å². The smallest absolute Gasteiger partial charge is 0.460 e. The average molecular weight is 462 g/mol. The summed E-state index contributed by atoms with van der Waals surface area (Å²) >= 11 is 0. The molecule has 0 aromatic heterocycles. The second-order valence-corrected chi connectivity index (χ2v) is 6.44. The number of alkyl halides is 11. The monoisotopic (exact) mass is 462 g/mol. The van der Waals surface area contributed by atoms with Crippen molar-refractivity contribution in [2.45, 2.75) is 48.8 Å².